The molecule has 0 saturated carbocycles. The first-order chi connectivity index (χ1) is 12.0. The van der Waals surface area contributed by atoms with E-state index < -0.39 is 5.91 Å². The van der Waals surface area contributed by atoms with Crippen molar-refractivity contribution >= 4 is 56.4 Å². The Morgan fingerprint density at radius 1 is 1.24 bits per heavy atom. The Hall–Kier alpha value is -2.45. The van der Waals surface area contributed by atoms with Crippen LogP contribution in [-0.4, -0.2) is 21.8 Å². The molecule has 1 amide bonds. The molecule has 0 spiro atoms. The van der Waals surface area contributed by atoms with Crippen LogP contribution in [0.25, 0.3) is 11.8 Å². The van der Waals surface area contributed by atoms with Crippen LogP contribution in [0.1, 0.15) is 11.3 Å². The predicted octanol–water partition coefficient (Wildman–Crippen LogP) is 4.49. The molecule has 0 aliphatic carbocycles. The van der Waals surface area contributed by atoms with Crippen LogP contribution < -0.4 is 0 Å². The quantitative estimate of drug-likeness (QED) is 0.730. The van der Waals surface area contributed by atoms with E-state index in [1.165, 1.54) is 30.0 Å². The monoisotopic (exact) mass is 417 g/mol. The molecular weight excluding hydrogens is 409 g/mol. The molecule has 1 aromatic heterocycles. The standard InChI is InChI=1S/C17H9BrFN3O2S/c18-14-6-5-11(24-14)7-12-15(20)22-13(8-25-17(22)21-16(12)23)9-1-3-10(19)4-2-9/h1-8,20H/b12-7+,20-15?. The van der Waals surface area contributed by atoms with Gasteiger partial charge in [0.25, 0.3) is 5.91 Å². The van der Waals surface area contributed by atoms with Gasteiger partial charge in [-0.05, 0) is 64.0 Å². The molecule has 4 rings (SSSR count). The Kier molecular flexibility index (Phi) is 3.93. The van der Waals surface area contributed by atoms with Gasteiger partial charge in [-0.3, -0.25) is 15.1 Å². The van der Waals surface area contributed by atoms with Crippen molar-refractivity contribution in [3.63, 3.8) is 0 Å². The Labute approximate surface area is 154 Å². The SMILES string of the molecule is N=C1/C(=C\c2ccc(Br)o2)C(=O)N=C2SC=C(c3ccc(F)cc3)N12. The number of rotatable bonds is 2. The molecule has 2 aromatic rings. The molecule has 124 valence electrons. The summed E-state index contributed by atoms with van der Waals surface area (Å²) in [6.45, 7) is 0. The van der Waals surface area contributed by atoms with Gasteiger partial charge in [0.1, 0.15) is 17.4 Å². The van der Waals surface area contributed by atoms with E-state index in [1.54, 1.807) is 34.6 Å². The lowest BCUT2D eigenvalue weighted by molar-refractivity contribution is -0.114. The van der Waals surface area contributed by atoms with Gasteiger partial charge in [0.15, 0.2) is 9.84 Å². The number of nitrogens with zero attached hydrogens (tertiary/aromatic N) is 2. The molecule has 0 bridgehead atoms. The fourth-order valence-electron chi connectivity index (χ4n) is 2.47. The highest BCUT2D eigenvalue weighted by molar-refractivity contribution is 9.10. The molecule has 0 fully saturated rings. The summed E-state index contributed by atoms with van der Waals surface area (Å²) in [6, 6.07) is 9.35. The number of amides is 1. The van der Waals surface area contributed by atoms with Crippen molar-refractivity contribution in [1.29, 1.82) is 5.41 Å². The lowest BCUT2D eigenvalue weighted by Crippen LogP contribution is -2.38. The van der Waals surface area contributed by atoms with Gasteiger partial charge in [0, 0.05) is 5.41 Å². The minimum absolute atomic E-state index is 0.00287. The van der Waals surface area contributed by atoms with Gasteiger partial charge in [0.05, 0.1) is 11.3 Å². The molecular formula is C17H9BrFN3O2S. The predicted molar refractivity (Wildman–Crippen MR) is 98.4 cm³/mol. The highest BCUT2D eigenvalue weighted by Crippen LogP contribution is 2.37. The molecule has 8 heteroatoms. The molecule has 3 heterocycles. The van der Waals surface area contributed by atoms with E-state index in [9.17, 15) is 9.18 Å². The number of nitrogens with one attached hydrogen (secondary N) is 1. The third-order valence-electron chi connectivity index (χ3n) is 3.64. The van der Waals surface area contributed by atoms with E-state index in [1.807, 2.05) is 0 Å². The van der Waals surface area contributed by atoms with Crippen molar-refractivity contribution in [2.24, 2.45) is 4.99 Å². The maximum absolute atomic E-state index is 13.2. The fraction of sp³-hybridized carbons (Fsp3) is 0. The Morgan fingerprint density at radius 3 is 2.68 bits per heavy atom. The molecule has 0 radical (unpaired) electrons. The minimum atomic E-state index is -0.495. The van der Waals surface area contributed by atoms with Crippen molar-refractivity contribution < 1.29 is 13.6 Å². The van der Waals surface area contributed by atoms with E-state index in [0.717, 1.165) is 5.56 Å². The van der Waals surface area contributed by atoms with Crippen LogP contribution in [0.4, 0.5) is 4.39 Å². The first-order valence-corrected chi connectivity index (χ1v) is 8.82. The van der Waals surface area contributed by atoms with Crippen molar-refractivity contribution in [3.05, 3.63) is 69.2 Å². The van der Waals surface area contributed by atoms with Gasteiger partial charge in [-0.15, -0.1) is 0 Å². The second-order valence-electron chi connectivity index (χ2n) is 5.21. The third-order valence-corrected chi connectivity index (χ3v) is 4.89. The number of hydrogen-bond donors (Lipinski definition) is 1. The fourth-order valence-corrected chi connectivity index (χ4v) is 3.68. The molecule has 2 aliphatic rings. The molecule has 0 atom stereocenters. The summed E-state index contributed by atoms with van der Waals surface area (Å²) in [5.41, 5.74) is 1.53. The lowest BCUT2D eigenvalue weighted by atomic mass is 10.1. The van der Waals surface area contributed by atoms with Gasteiger partial charge in [-0.25, -0.2) is 4.39 Å². The second-order valence-corrected chi connectivity index (χ2v) is 6.83. The lowest BCUT2D eigenvalue weighted by Gasteiger charge is -2.26. The number of carbonyl (C=O) groups is 1. The molecule has 1 N–H and O–H groups in total. The van der Waals surface area contributed by atoms with Gasteiger partial charge in [-0.2, -0.15) is 4.99 Å². The van der Waals surface area contributed by atoms with Crippen molar-refractivity contribution in [2.75, 3.05) is 0 Å². The van der Waals surface area contributed by atoms with Crippen LogP contribution in [0.2, 0.25) is 0 Å². The molecule has 0 saturated heterocycles. The van der Waals surface area contributed by atoms with Gasteiger partial charge >= 0.3 is 0 Å². The van der Waals surface area contributed by atoms with Crippen LogP contribution in [-0.2, 0) is 4.79 Å². The second kappa shape index (κ2) is 6.12. The Bertz CT molecular complexity index is 992. The molecule has 2 aliphatic heterocycles. The molecule has 5 nitrogen and oxygen atoms in total. The minimum Gasteiger partial charge on any atom is -0.450 e. The summed E-state index contributed by atoms with van der Waals surface area (Å²) in [5.74, 6) is -0.386. The van der Waals surface area contributed by atoms with E-state index in [-0.39, 0.29) is 17.2 Å². The smallest absolute Gasteiger partial charge is 0.283 e. The summed E-state index contributed by atoms with van der Waals surface area (Å²) in [6.07, 6.45) is 1.49. The number of hydrogen-bond acceptors (Lipinski definition) is 4. The van der Waals surface area contributed by atoms with E-state index >= 15 is 0 Å². The summed E-state index contributed by atoms with van der Waals surface area (Å²) in [7, 11) is 0. The third kappa shape index (κ3) is 2.87. The zero-order chi connectivity index (χ0) is 17.6. The number of thioether (sulfide) groups is 1. The van der Waals surface area contributed by atoms with Crippen LogP contribution in [0.5, 0.6) is 0 Å². The summed E-state index contributed by atoms with van der Waals surface area (Å²) in [5, 5.41) is 10.7. The maximum atomic E-state index is 13.2. The number of amidine groups is 2. The molecule has 25 heavy (non-hydrogen) atoms. The highest BCUT2D eigenvalue weighted by atomic mass is 79.9. The zero-order valence-corrected chi connectivity index (χ0v) is 14.9. The van der Waals surface area contributed by atoms with Gasteiger partial charge in [0.2, 0.25) is 0 Å². The average molecular weight is 418 g/mol. The number of benzene rings is 1. The Balaban J connectivity index is 1.74. The van der Waals surface area contributed by atoms with Crippen LogP contribution in [0.3, 0.4) is 0 Å². The van der Waals surface area contributed by atoms with E-state index in [4.69, 9.17) is 9.83 Å². The molecule has 1 aromatic carbocycles. The van der Waals surface area contributed by atoms with Gasteiger partial charge < -0.3 is 4.42 Å². The summed E-state index contributed by atoms with van der Waals surface area (Å²) >= 11 is 4.46. The number of carbonyl (C=O) groups excluding carboxylic acids is 1. The van der Waals surface area contributed by atoms with Crippen LogP contribution >= 0.6 is 27.7 Å². The summed E-state index contributed by atoms with van der Waals surface area (Å²) < 4.78 is 19.1. The number of halogens is 2. The first kappa shape index (κ1) is 16.0. The van der Waals surface area contributed by atoms with E-state index in [2.05, 4.69) is 20.9 Å². The van der Waals surface area contributed by atoms with Crippen molar-refractivity contribution in [2.45, 2.75) is 0 Å². The van der Waals surface area contributed by atoms with E-state index in [0.29, 0.717) is 21.3 Å². The van der Waals surface area contributed by atoms with Crippen LogP contribution in [0, 0.1) is 11.2 Å². The average Bonchev–Trinajstić information content (AvgIpc) is 3.18. The van der Waals surface area contributed by atoms with Crippen molar-refractivity contribution in [1.82, 2.24) is 4.90 Å². The Morgan fingerprint density at radius 2 is 2.00 bits per heavy atom. The number of aliphatic imine (C=N–C) groups is 1. The van der Waals surface area contributed by atoms with Crippen LogP contribution in [0.15, 0.2) is 61.5 Å². The number of furan rings is 1. The maximum Gasteiger partial charge on any atom is 0.283 e. The largest absolute Gasteiger partial charge is 0.450 e. The first-order valence-electron chi connectivity index (χ1n) is 7.15. The van der Waals surface area contributed by atoms with Crippen molar-refractivity contribution in [3.8, 4) is 0 Å². The highest BCUT2D eigenvalue weighted by Gasteiger charge is 2.36. The zero-order valence-electron chi connectivity index (χ0n) is 12.5. The topological polar surface area (TPSA) is 69.7 Å². The molecule has 0 unspecified atom stereocenters. The number of fused-ring (bicyclic) bond motifs is 1. The van der Waals surface area contributed by atoms with Gasteiger partial charge in [-0.1, -0.05) is 11.8 Å². The summed E-state index contributed by atoms with van der Waals surface area (Å²) in [4.78, 5) is 17.9. The normalized spacial score (nSPS) is 18.5.